The fourth-order valence-electron chi connectivity index (χ4n) is 0.973. The predicted octanol–water partition coefficient (Wildman–Crippen LogP) is 0.829. The second-order valence-corrected chi connectivity index (χ2v) is 2.58. The summed E-state index contributed by atoms with van der Waals surface area (Å²) in [5.74, 6) is -0.00472. The summed E-state index contributed by atoms with van der Waals surface area (Å²) in [5, 5.41) is 10.3. The average molecular weight is 177 g/mol. The van der Waals surface area contributed by atoms with Crippen LogP contribution in [0.25, 0.3) is 0 Å². The zero-order valence-corrected chi connectivity index (χ0v) is 7.19. The lowest BCUT2D eigenvalue weighted by molar-refractivity contribution is -0.384. The molecule has 4 nitrogen and oxygen atoms in total. The fourth-order valence-corrected chi connectivity index (χ4v) is 0.973. The van der Waals surface area contributed by atoms with Crippen LogP contribution in [-0.4, -0.2) is 18.6 Å². The Morgan fingerprint density at radius 3 is 2.31 bits per heavy atom. The van der Waals surface area contributed by atoms with Gasteiger partial charge in [-0.15, -0.1) is 0 Å². The van der Waals surface area contributed by atoms with E-state index in [4.69, 9.17) is 0 Å². The van der Waals surface area contributed by atoms with Gasteiger partial charge in [-0.2, -0.15) is 0 Å². The van der Waals surface area contributed by atoms with Gasteiger partial charge >= 0.3 is 0 Å². The van der Waals surface area contributed by atoms with E-state index >= 15 is 0 Å². The summed E-state index contributed by atoms with van der Waals surface area (Å²) < 4.78 is 0. The molecule has 0 aliphatic carbocycles. The highest BCUT2D eigenvalue weighted by Gasteiger charge is 2.06. The largest absolute Gasteiger partial charge is 0.295 e. The third-order valence-corrected chi connectivity index (χ3v) is 1.72. The lowest BCUT2D eigenvalue weighted by Crippen LogP contribution is -1.97. The van der Waals surface area contributed by atoms with E-state index in [0.717, 1.165) is 0 Å². The minimum atomic E-state index is -0.486. The van der Waals surface area contributed by atoms with E-state index in [1.54, 1.807) is 7.85 Å². The lowest BCUT2D eigenvalue weighted by atomic mass is 9.96. The standard InChI is InChI=1S/C8H8BNO3/c9-5-8(11)6-1-3-7(4-2-6)10(12)13/h1-4H,5,9H2. The molecule has 0 radical (unpaired) electrons. The molecular formula is C8H8BNO3. The summed E-state index contributed by atoms with van der Waals surface area (Å²) in [7, 11) is 1.75. The highest BCUT2D eigenvalue weighted by Crippen LogP contribution is 2.12. The minimum absolute atomic E-state index is 0.00472. The molecule has 0 saturated heterocycles. The van der Waals surface area contributed by atoms with Gasteiger partial charge in [0.15, 0.2) is 5.78 Å². The number of hydrogen-bond acceptors (Lipinski definition) is 3. The monoisotopic (exact) mass is 177 g/mol. The molecule has 1 aromatic carbocycles. The first kappa shape index (κ1) is 9.44. The number of carbonyl (C=O) groups excluding carboxylic acids is 1. The Hall–Kier alpha value is -1.65. The number of nitro benzene ring substituents is 1. The van der Waals surface area contributed by atoms with Crippen LogP contribution < -0.4 is 0 Å². The third kappa shape index (κ3) is 2.15. The van der Waals surface area contributed by atoms with Gasteiger partial charge < -0.3 is 0 Å². The first-order valence-corrected chi connectivity index (χ1v) is 3.92. The number of carbonyl (C=O) groups is 1. The molecule has 66 valence electrons. The molecule has 0 aromatic heterocycles. The number of rotatable bonds is 3. The van der Waals surface area contributed by atoms with E-state index in [1.165, 1.54) is 24.3 Å². The molecular weight excluding hydrogens is 169 g/mol. The number of Topliss-reactive ketones (excluding diaryl/α,β-unsaturated/α-hetero) is 1. The summed E-state index contributed by atoms with van der Waals surface area (Å²) in [6, 6.07) is 5.62. The molecule has 0 unspecified atom stereocenters. The number of ketones is 1. The van der Waals surface area contributed by atoms with Crippen molar-refractivity contribution in [3.8, 4) is 0 Å². The minimum Gasteiger partial charge on any atom is -0.295 e. The molecule has 0 aliphatic rings. The van der Waals surface area contributed by atoms with E-state index in [0.29, 0.717) is 11.9 Å². The quantitative estimate of drug-likeness (QED) is 0.297. The van der Waals surface area contributed by atoms with Crippen LogP contribution in [0.5, 0.6) is 0 Å². The van der Waals surface area contributed by atoms with Crippen LogP contribution in [0.1, 0.15) is 10.4 Å². The maximum absolute atomic E-state index is 11.1. The Balaban J connectivity index is 2.93. The normalized spacial score (nSPS) is 9.54. The first-order chi connectivity index (χ1) is 6.15. The molecule has 0 atom stereocenters. The van der Waals surface area contributed by atoms with Crippen LogP contribution in [0.2, 0.25) is 6.32 Å². The maximum atomic E-state index is 11.1. The van der Waals surface area contributed by atoms with E-state index in [9.17, 15) is 14.9 Å². The van der Waals surface area contributed by atoms with Crippen molar-refractivity contribution in [2.24, 2.45) is 0 Å². The molecule has 0 spiro atoms. The van der Waals surface area contributed by atoms with Gasteiger partial charge in [-0.3, -0.25) is 14.9 Å². The highest BCUT2D eigenvalue weighted by molar-refractivity contribution is 6.23. The zero-order valence-electron chi connectivity index (χ0n) is 7.19. The van der Waals surface area contributed by atoms with Gasteiger partial charge in [-0.25, -0.2) is 0 Å². The third-order valence-electron chi connectivity index (χ3n) is 1.72. The van der Waals surface area contributed by atoms with Crippen molar-refractivity contribution in [3.05, 3.63) is 39.9 Å². The fraction of sp³-hybridized carbons (Fsp3) is 0.125. The molecule has 1 rings (SSSR count). The van der Waals surface area contributed by atoms with Crippen LogP contribution in [0, 0.1) is 10.1 Å². The predicted molar refractivity (Wildman–Crippen MR) is 50.8 cm³/mol. The van der Waals surface area contributed by atoms with Crippen molar-refractivity contribution in [2.75, 3.05) is 0 Å². The average Bonchev–Trinajstić information content (AvgIpc) is 2.17. The summed E-state index contributed by atoms with van der Waals surface area (Å²) >= 11 is 0. The van der Waals surface area contributed by atoms with Gasteiger partial charge in [0, 0.05) is 17.7 Å². The Morgan fingerprint density at radius 1 is 1.38 bits per heavy atom. The van der Waals surface area contributed by atoms with Crippen LogP contribution >= 0.6 is 0 Å². The van der Waals surface area contributed by atoms with Gasteiger partial charge in [-0.05, 0) is 18.5 Å². The Bertz CT molecular complexity index is 334. The van der Waals surface area contributed by atoms with E-state index < -0.39 is 4.92 Å². The van der Waals surface area contributed by atoms with Gasteiger partial charge in [0.05, 0.1) is 4.92 Å². The lowest BCUT2D eigenvalue weighted by Gasteiger charge is -1.96. The molecule has 0 heterocycles. The number of hydrogen-bond donors (Lipinski definition) is 0. The molecule has 0 fully saturated rings. The van der Waals surface area contributed by atoms with Gasteiger partial charge in [0.1, 0.15) is 7.85 Å². The summed E-state index contributed by atoms with van der Waals surface area (Å²) in [5.41, 5.74) is 0.528. The van der Waals surface area contributed by atoms with E-state index in [1.807, 2.05) is 0 Å². The van der Waals surface area contributed by atoms with Crippen molar-refractivity contribution in [2.45, 2.75) is 6.32 Å². The number of nitrogens with zero attached hydrogens (tertiary/aromatic N) is 1. The Labute approximate surface area is 76.1 Å². The second-order valence-electron chi connectivity index (χ2n) is 2.58. The van der Waals surface area contributed by atoms with Crippen LogP contribution in [0.4, 0.5) is 5.69 Å². The van der Waals surface area contributed by atoms with Crippen molar-refractivity contribution in [1.29, 1.82) is 0 Å². The molecule has 1 aromatic rings. The van der Waals surface area contributed by atoms with Crippen molar-refractivity contribution in [3.63, 3.8) is 0 Å². The van der Waals surface area contributed by atoms with Crippen LogP contribution in [-0.2, 0) is 0 Å². The van der Waals surface area contributed by atoms with Crippen molar-refractivity contribution in [1.82, 2.24) is 0 Å². The molecule has 0 N–H and O–H groups in total. The molecule has 0 amide bonds. The summed E-state index contributed by atoms with van der Waals surface area (Å²) in [4.78, 5) is 20.9. The Kier molecular flexibility index (Phi) is 2.79. The van der Waals surface area contributed by atoms with Gasteiger partial charge in [-0.1, -0.05) is 0 Å². The molecule has 0 aliphatic heterocycles. The van der Waals surface area contributed by atoms with Gasteiger partial charge in [0.25, 0.3) is 5.69 Å². The van der Waals surface area contributed by atoms with Crippen LogP contribution in [0.3, 0.4) is 0 Å². The number of non-ortho nitro benzene ring substituents is 1. The summed E-state index contributed by atoms with van der Waals surface area (Å²) in [6.45, 7) is 0. The van der Waals surface area contributed by atoms with E-state index in [-0.39, 0.29) is 11.5 Å². The topological polar surface area (TPSA) is 60.2 Å². The number of benzene rings is 1. The highest BCUT2D eigenvalue weighted by atomic mass is 16.6. The smallest absolute Gasteiger partial charge is 0.269 e. The summed E-state index contributed by atoms with van der Waals surface area (Å²) in [6.07, 6.45) is 0.414. The second kappa shape index (κ2) is 3.84. The van der Waals surface area contributed by atoms with Crippen molar-refractivity contribution >= 4 is 19.3 Å². The SMILES string of the molecule is BCC(=O)c1ccc([N+](=O)[O-])cc1. The number of nitro groups is 1. The van der Waals surface area contributed by atoms with Crippen LogP contribution in [0.15, 0.2) is 24.3 Å². The van der Waals surface area contributed by atoms with Crippen molar-refractivity contribution < 1.29 is 9.72 Å². The molecule has 0 bridgehead atoms. The molecule has 5 heteroatoms. The van der Waals surface area contributed by atoms with E-state index in [2.05, 4.69) is 0 Å². The van der Waals surface area contributed by atoms with Gasteiger partial charge in [0.2, 0.25) is 0 Å². The maximum Gasteiger partial charge on any atom is 0.269 e. The Morgan fingerprint density at radius 2 is 1.92 bits per heavy atom. The zero-order chi connectivity index (χ0) is 9.84. The molecule has 13 heavy (non-hydrogen) atoms. The first-order valence-electron chi connectivity index (χ1n) is 3.92. The molecule has 0 saturated carbocycles.